The number of halogens is 1. The molecule has 1 aliphatic rings. The number of thioether (sulfide) groups is 1. The Morgan fingerprint density at radius 1 is 1.48 bits per heavy atom. The first-order chi connectivity index (χ1) is 9.47. The van der Waals surface area contributed by atoms with Gasteiger partial charge in [-0.15, -0.1) is 11.8 Å². The number of hydrogen-bond acceptors (Lipinski definition) is 5. The molecule has 9 heteroatoms. The van der Waals surface area contributed by atoms with E-state index in [0.29, 0.717) is 16.8 Å². The Kier molecular flexibility index (Phi) is 5.04. The summed E-state index contributed by atoms with van der Waals surface area (Å²) in [5, 5.41) is 10.8. The van der Waals surface area contributed by atoms with Crippen LogP contribution in [0.3, 0.4) is 0 Å². The average Bonchev–Trinajstić information content (AvgIpc) is 2.36. The number of carbonyl (C=O) groups excluding carboxylic acids is 1. The van der Waals surface area contributed by atoms with Crippen molar-refractivity contribution in [1.29, 1.82) is 0 Å². The van der Waals surface area contributed by atoms with Gasteiger partial charge in [0.2, 0.25) is 0 Å². The van der Waals surface area contributed by atoms with Crippen LogP contribution in [-0.2, 0) is 4.79 Å². The average molecular weight is 379 g/mol. The number of H-pyrrole nitrogens is 1. The fourth-order valence-corrected chi connectivity index (χ4v) is 4.17. The molecule has 2 aromatic rings. The normalized spacial score (nSPS) is 16.5. The van der Waals surface area contributed by atoms with Crippen molar-refractivity contribution in [2.75, 3.05) is 5.75 Å². The number of aromatic nitrogens is 2. The van der Waals surface area contributed by atoms with Crippen LogP contribution >= 0.6 is 27.7 Å². The summed E-state index contributed by atoms with van der Waals surface area (Å²) in [6, 6.07) is 2.96. The minimum absolute atomic E-state index is 0. The van der Waals surface area contributed by atoms with Gasteiger partial charge in [-0.05, 0) is 12.1 Å². The molecule has 0 radical (unpaired) electrons. The van der Waals surface area contributed by atoms with Crippen molar-refractivity contribution in [3.63, 3.8) is 0 Å². The van der Waals surface area contributed by atoms with Crippen LogP contribution in [0.4, 0.5) is 0 Å². The van der Waals surface area contributed by atoms with Gasteiger partial charge < -0.3 is 14.9 Å². The molecule has 1 aromatic carbocycles. The fourth-order valence-electron chi connectivity index (χ4n) is 2.37. The summed E-state index contributed by atoms with van der Waals surface area (Å²) in [7, 11) is 0. The van der Waals surface area contributed by atoms with Crippen LogP contribution < -0.4 is 45.8 Å². The van der Waals surface area contributed by atoms with E-state index in [-0.39, 0.29) is 36.0 Å². The molecule has 1 aromatic heterocycles. The van der Waals surface area contributed by atoms with E-state index in [2.05, 4.69) is 20.9 Å². The smallest absolute Gasteiger partial charge is 0.550 e. The number of aliphatic carboxylic acids is 1. The molecule has 21 heavy (non-hydrogen) atoms. The predicted octanol–water partition coefficient (Wildman–Crippen LogP) is -2.76. The van der Waals surface area contributed by atoms with Gasteiger partial charge >= 0.3 is 40.7 Å². The van der Waals surface area contributed by atoms with Gasteiger partial charge in [0, 0.05) is 27.5 Å². The third kappa shape index (κ3) is 3.00. The van der Waals surface area contributed by atoms with Crippen molar-refractivity contribution in [3.8, 4) is 0 Å². The number of nitrogens with one attached hydrogen (secondary N) is 1. The second kappa shape index (κ2) is 6.29. The summed E-state index contributed by atoms with van der Waals surface area (Å²) in [4.78, 5) is 38.0. The molecule has 1 unspecified atom stereocenters. The SMILES string of the molecule is O=C([O-])CC1CSc2cc(Br)cc3[nH]c(=O)c(=O)n1c23.[Na+]. The second-order valence-electron chi connectivity index (χ2n) is 4.47. The number of carboxylic acids is 1. The molecule has 0 saturated carbocycles. The zero-order valence-electron chi connectivity index (χ0n) is 11.0. The third-order valence-corrected chi connectivity index (χ3v) is 4.77. The Morgan fingerprint density at radius 2 is 2.19 bits per heavy atom. The summed E-state index contributed by atoms with van der Waals surface area (Å²) < 4.78 is 2.06. The van der Waals surface area contributed by atoms with Gasteiger partial charge in [0.15, 0.2) is 0 Å². The van der Waals surface area contributed by atoms with Gasteiger partial charge in [0.05, 0.1) is 17.1 Å². The van der Waals surface area contributed by atoms with E-state index in [1.54, 1.807) is 6.07 Å². The summed E-state index contributed by atoms with van der Waals surface area (Å²) in [5.41, 5.74) is -0.403. The maximum absolute atomic E-state index is 12.1. The molecule has 0 aliphatic carbocycles. The third-order valence-electron chi connectivity index (χ3n) is 3.14. The number of carbonyl (C=O) groups is 1. The first-order valence-electron chi connectivity index (χ1n) is 5.78. The monoisotopic (exact) mass is 378 g/mol. The van der Waals surface area contributed by atoms with Gasteiger partial charge in [0.1, 0.15) is 0 Å². The first-order valence-corrected chi connectivity index (χ1v) is 7.56. The molecular formula is C12H8BrN2NaO4S. The summed E-state index contributed by atoms with van der Waals surface area (Å²) in [6.07, 6.45) is -0.291. The van der Waals surface area contributed by atoms with Crippen LogP contribution in [0, 0.1) is 0 Å². The van der Waals surface area contributed by atoms with E-state index in [1.807, 2.05) is 6.07 Å². The number of carboxylic acid groups (broad SMARTS) is 1. The molecule has 0 fully saturated rings. The van der Waals surface area contributed by atoms with Crippen molar-refractivity contribution in [2.24, 2.45) is 0 Å². The molecule has 3 rings (SSSR count). The largest absolute Gasteiger partial charge is 1.00 e. The number of nitrogens with zero attached hydrogens (tertiary/aromatic N) is 1. The maximum atomic E-state index is 12.1. The summed E-state index contributed by atoms with van der Waals surface area (Å²) in [6.45, 7) is 0. The molecule has 0 spiro atoms. The second-order valence-corrected chi connectivity index (χ2v) is 6.45. The molecule has 0 saturated heterocycles. The van der Waals surface area contributed by atoms with E-state index in [0.717, 1.165) is 9.37 Å². The Morgan fingerprint density at radius 3 is 2.86 bits per heavy atom. The first kappa shape index (κ1) is 16.8. The van der Waals surface area contributed by atoms with Crippen molar-refractivity contribution >= 4 is 44.7 Å². The molecule has 1 aliphatic heterocycles. The van der Waals surface area contributed by atoms with Gasteiger partial charge in [-0.2, -0.15) is 0 Å². The Bertz CT molecular complexity index is 847. The van der Waals surface area contributed by atoms with Crippen molar-refractivity contribution in [1.82, 2.24) is 9.55 Å². The summed E-state index contributed by atoms with van der Waals surface area (Å²) >= 11 is 4.80. The van der Waals surface area contributed by atoms with Crippen LogP contribution in [0.15, 0.2) is 31.1 Å². The van der Waals surface area contributed by atoms with Crippen molar-refractivity contribution in [2.45, 2.75) is 17.4 Å². The molecular weight excluding hydrogens is 371 g/mol. The maximum Gasteiger partial charge on any atom is 1.00 e. The van der Waals surface area contributed by atoms with Gasteiger partial charge in [0.25, 0.3) is 0 Å². The Labute approximate surface area is 153 Å². The van der Waals surface area contributed by atoms with Crippen LogP contribution in [0.25, 0.3) is 11.0 Å². The van der Waals surface area contributed by atoms with Gasteiger partial charge in [-0.3, -0.25) is 14.2 Å². The summed E-state index contributed by atoms with van der Waals surface area (Å²) in [5.74, 6) is -0.827. The zero-order valence-corrected chi connectivity index (χ0v) is 15.4. The van der Waals surface area contributed by atoms with Gasteiger partial charge in [-0.25, -0.2) is 0 Å². The molecule has 0 bridgehead atoms. The quantitative estimate of drug-likeness (QED) is 0.451. The zero-order chi connectivity index (χ0) is 14.4. The molecule has 104 valence electrons. The predicted molar refractivity (Wildman–Crippen MR) is 75.9 cm³/mol. The van der Waals surface area contributed by atoms with E-state index >= 15 is 0 Å². The number of aromatic amines is 1. The van der Waals surface area contributed by atoms with E-state index < -0.39 is 23.1 Å². The topological polar surface area (TPSA) is 95.0 Å². The van der Waals surface area contributed by atoms with Gasteiger partial charge in [-0.1, -0.05) is 15.9 Å². The molecule has 1 atom stereocenters. The fraction of sp³-hybridized carbons (Fsp3) is 0.250. The Balaban J connectivity index is 0.00000161. The van der Waals surface area contributed by atoms with Crippen LogP contribution in [0.1, 0.15) is 12.5 Å². The van der Waals surface area contributed by atoms with Crippen LogP contribution in [-0.4, -0.2) is 21.3 Å². The van der Waals surface area contributed by atoms with E-state index in [4.69, 9.17) is 0 Å². The molecule has 2 heterocycles. The van der Waals surface area contributed by atoms with E-state index in [9.17, 15) is 19.5 Å². The van der Waals surface area contributed by atoms with Crippen molar-refractivity contribution < 1.29 is 39.5 Å². The van der Waals surface area contributed by atoms with Crippen molar-refractivity contribution in [3.05, 3.63) is 37.3 Å². The minimum Gasteiger partial charge on any atom is -0.550 e. The Hall–Kier alpha value is -0.540. The minimum atomic E-state index is -1.24. The standard InChI is InChI=1S/C12H9BrN2O4S.Na/c13-5-1-7-10-8(2-5)20-4-6(3-9(16)17)15(10)12(19)11(18)14-7;/h1-2,6H,3-4H2,(H,14,18)(H,16,17);/q;+1/p-1. The number of rotatable bonds is 2. The molecule has 1 N–H and O–H groups in total. The number of hydrogen-bond donors (Lipinski definition) is 1. The number of benzene rings is 1. The van der Waals surface area contributed by atoms with E-state index in [1.165, 1.54) is 16.3 Å². The molecule has 6 nitrogen and oxygen atoms in total. The molecule has 0 amide bonds. The van der Waals surface area contributed by atoms with Crippen LogP contribution in [0.2, 0.25) is 0 Å². The van der Waals surface area contributed by atoms with Crippen LogP contribution in [0.5, 0.6) is 0 Å².